The Morgan fingerprint density at radius 2 is 1.81 bits per heavy atom. The SMILES string of the molecule is O=C(NCc1ccccn1)c1cccc(NC(=O)C2CCCN2C(=O)C2CCCCC2)c1. The van der Waals surface area contributed by atoms with Crippen molar-refractivity contribution in [2.45, 2.75) is 57.5 Å². The van der Waals surface area contributed by atoms with Crippen LogP contribution in [0.5, 0.6) is 0 Å². The highest BCUT2D eigenvalue weighted by Crippen LogP contribution is 2.29. The molecule has 7 nitrogen and oxygen atoms in total. The van der Waals surface area contributed by atoms with Crippen molar-refractivity contribution in [3.8, 4) is 0 Å². The van der Waals surface area contributed by atoms with Crippen molar-refractivity contribution in [2.24, 2.45) is 5.92 Å². The average Bonchev–Trinajstić information content (AvgIpc) is 3.34. The summed E-state index contributed by atoms with van der Waals surface area (Å²) in [4.78, 5) is 44.5. The van der Waals surface area contributed by atoms with Crippen molar-refractivity contribution in [2.75, 3.05) is 11.9 Å². The van der Waals surface area contributed by atoms with E-state index in [1.165, 1.54) is 6.42 Å². The maximum absolute atomic E-state index is 13.0. The van der Waals surface area contributed by atoms with Crippen LogP contribution in [0, 0.1) is 5.92 Å². The Kier molecular flexibility index (Phi) is 7.14. The lowest BCUT2D eigenvalue weighted by Crippen LogP contribution is -2.46. The molecular formula is C25H30N4O3. The van der Waals surface area contributed by atoms with Gasteiger partial charge in [0.2, 0.25) is 11.8 Å². The molecule has 3 amide bonds. The van der Waals surface area contributed by atoms with E-state index in [-0.39, 0.29) is 23.6 Å². The van der Waals surface area contributed by atoms with E-state index in [1.807, 2.05) is 18.2 Å². The van der Waals surface area contributed by atoms with Gasteiger partial charge >= 0.3 is 0 Å². The number of likely N-dealkylation sites (tertiary alicyclic amines) is 1. The second-order valence-electron chi connectivity index (χ2n) is 8.60. The van der Waals surface area contributed by atoms with E-state index in [2.05, 4.69) is 15.6 Å². The Morgan fingerprint density at radius 1 is 0.969 bits per heavy atom. The maximum atomic E-state index is 13.0. The number of carbonyl (C=O) groups excluding carboxylic acids is 3. The normalized spacial score (nSPS) is 18.9. The molecule has 32 heavy (non-hydrogen) atoms. The van der Waals surface area contributed by atoms with Crippen molar-refractivity contribution in [3.63, 3.8) is 0 Å². The first-order valence-corrected chi connectivity index (χ1v) is 11.5. The van der Waals surface area contributed by atoms with Gasteiger partial charge in [-0.3, -0.25) is 19.4 Å². The van der Waals surface area contributed by atoms with Gasteiger partial charge in [-0.05, 0) is 56.0 Å². The van der Waals surface area contributed by atoms with E-state index in [9.17, 15) is 14.4 Å². The molecule has 2 aliphatic rings. The minimum absolute atomic E-state index is 0.0586. The van der Waals surface area contributed by atoms with E-state index in [4.69, 9.17) is 0 Å². The number of pyridine rings is 1. The smallest absolute Gasteiger partial charge is 0.251 e. The zero-order valence-electron chi connectivity index (χ0n) is 18.3. The standard InChI is InChI=1S/C25H30N4O3/c30-23(27-17-21-11-4-5-14-26-21)19-10-6-12-20(16-19)28-24(31)22-13-7-15-29(22)25(32)18-8-2-1-3-9-18/h4-6,10-12,14,16,18,22H,1-3,7-9,13,15,17H2,(H,27,30)(H,28,31). The molecule has 2 fully saturated rings. The van der Waals surface area contributed by atoms with Crippen LogP contribution in [0.25, 0.3) is 0 Å². The molecule has 0 radical (unpaired) electrons. The molecule has 1 aliphatic heterocycles. The molecule has 7 heteroatoms. The average molecular weight is 435 g/mol. The number of hydrogen-bond donors (Lipinski definition) is 2. The number of carbonyl (C=O) groups is 3. The van der Waals surface area contributed by atoms with Crippen LogP contribution in [0.4, 0.5) is 5.69 Å². The first-order valence-electron chi connectivity index (χ1n) is 11.5. The molecule has 1 aromatic heterocycles. The van der Waals surface area contributed by atoms with Gasteiger partial charge in [0.25, 0.3) is 5.91 Å². The molecule has 1 saturated carbocycles. The van der Waals surface area contributed by atoms with Crippen LogP contribution in [0.15, 0.2) is 48.7 Å². The minimum atomic E-state index is -0.439. The summed E-state index contributed by atoms with van der Waals surface area (Å²) in [6, 6.07) is 12.0. The molecule has 0 spiro atoms. The van der Waals surface area contributed by atoms with Crippen LogP contribution in [-0.2, 0) is 16.1 Å². The van der Waals surface area contributed by atoms with Crippen LogP contribution in [0.3, 0.4) is 0 Å². The summed E-state index contributed by atoms with van der Waals surface area (Å²) >= 11 is 0. The van der Waals surface area contributed by atoms with Gasteiger partial charge in [-0.1, -0.05) is 31.4 Å². The van der Waals surface area contributed by atoms with Crippen LogP contribution < -0.4 is 10.6 Å². The zero-order chi connectivity index (χ0) is 22.3. The molecule has 2 aromatic rings. The molecule has 168 valence electrons. The molecule has 2 heterocycles. The third-order valence-electron chi connectivity index (χ3n) is 6.34. The summed E-state index contributed by atoms with van der Waals surface area (Å²) in [7, 11) is 0. The summed E-state index contributed by atoms with van der Waals surface area (Å²) in [5.74, 6) is -0.229. The van der Waals surface area contributed by atoms with Crippen molar-refractivity contribution in [3.05, 3.63) is 59.9 Å². The van der Waals surface area contributed by atoms with E-state index in [1.54, 1.807) is 35.4 Å². The van der Waals surface area contributed by atoms with Crippen LogP contribution >= 0.6 is 0 Å². The summed E-state index contributed by atoms with van der Waals surface area (Å²) < 4.78 is 0. The Hall–Kier alpha value is -3.22. The van der Waals surface area contributed by atoms with Crippen molar-refractivity contribution < 1.29 is 14.4 Å². The third kappa shape index (κ3) is 5.33. The summed E-state index contributed by atoms with van der Waals surface area (Å²) in [5.41, 5.74) is 1.78. The highest BCUT2D eigenvalue weighted by atomic mass is 16.2. The molecule has 1 aliphatic carbocycles. The lowest BCUT2D eigenvalue weighted by molar-refractivity contribution is -0.141. The van der Waals surface area contributed by atoms with Crippen molar-refractivity contribution in [1.29, 1.82) is 0 Å². The third-order valence-corrected chi connectivity index (χ3v) is 6.34. The van der Waals surface area contributed by atoms with Gasteiger partial charge in [0.05, 0.1) is 12.2 Å². The number of nitrogens with one attached hydrogen (secondary N) is 2. The Morgan fingerprint density at radius 3 is 2.59 bits per heavy atom. The minimum Gasteiger partial charge on any atom is -0.346 e. The fourth-order valence-corrected chi connectivity index (χ4v) is 4.63. The number of nitrogens with zero attached hydrogens (tertiary/aromatic N) is 2. The van der Waals surface area contributed by atoms with E-state index in [0.29, 0.717) is 30.8 Å². The highest BCUT2D eigenvalue weighted by Gasteiger charge is 2.37. The quantitative estimate of drug-likeness (QED) is 0.728. The number of rotatable bonds is 6. The molecule has 4 rings (SSSR count). The Bertz CT molecular complexity index is 957. The summed E-state index contributed by atoms with van der Waals surface area (Å²) in [6.45, 7) is 0.972. The molecule has 0 bridgehead atoms. The van der Waals surface area contributed by atoms with Crippen LogP contribution in [-0.4, -0.2) is 40.2 Å². The molecule has 1 aromatic carbocycles. The van der Waals surface area contributed by atoms with Gasteiger partial charge in [-0.25, -0.2) is 0 Å². The zero-order valence-corrected chi connectivity index (χ0v) is 18.3. The molecule has 2 N–H and O–H groups in total. The van der Waals surface area contributed by atoms with Gasteiger partial charge in [-0.2, -0.15) is 0 Å². The van der Waals surface area contributed by atoms with Crippen molar-refractivity contribution >= 4 is 23.4 Å². The van der Waals surface area contributed by atoms with Gasteiger partial charge < -0.3 is 15.5 Å². The largest absolute Gasteiger partial charge is 0.346 e. The number of hydrogen-bond acceptors (Lipinski definition) is 4. The monoisotopic (exact) mass is 434 g/mol. The second kappa shape index (κ2) is 10.4. The predicted molar refractivity (Wildman–Crippen MR) is 122 cm³/mol. The molecule has 1 unspecified atom stereocenters. The number of anilines is 1. The van der Waals surface area contributed by atoms with E-state index < -0.39 is 6.04 Å². The first kappa shape index (κ1) is 22.0. The maximum Gasteiger partial charge on any atom is 0.251 e. The van der Waals surface area contributed by atoms with Gasteiger partial charge in [0, 0.05) is 29.9 Å². The fourth-order valence-electron chi connectivity index (χ4n) is 4.63. The van der Waals surface area contributed by atoms with Gasteiger partial charge in [0.1, 0.15) is 6.04 Å². The predicted octanol–water partition coefficient (Wildman–Crippen LogP) is 3.52. The lowest BCUT2D eigenvalue weighted by atomic mass is 9.88. The van der Waals surface area contributed by atoms with E-state index in [0.717, 1.165) is 37.8 Å². The van der Waals surface area contributed by atoms with Gasteiger partial charge in [-0.15, -0.1) is 0 Å². The van der Waals surface area contributed by atoms with Crippen LogP contribution in [0.2, 0.25) is 0 Å². The number of aromatic nitrogens is 1. The molecular weight excluding hydrogens is 404 g/mol. The van der Waals surface area contributed by atoms with E-state index >= 15 is 0 Å². The van der Waals surface area contributed by atoms with Crippen molar-refractivity contribution in [1.82, 2.24) is 15.2 Å². The highest BCUT2D eigenvalue weighted by molar-refractivity contribution is 6.00. The number of amides is 3. The topological polar surface area (TPSA) is 91.4 Å². The van der Waals surface area contributed by atoms with Gasteiger partial charge in [0.15, 0.2) is 0 Å². The van der Waals surface area contributed by atoms with Crippen LogP contribution in [0.1, 0.15) is 61.0 Å². The molecule has 1 atom stereocenters. The number of benzene rings is 1. The fraction of sp³-hybridized carbons (Fsp3) is 0.440. The second-order valence-corrected chi connectivity index (χ2v) is 8.60. The molecule has 1 saturated heterocycles. The Labute approximate surface area is 188 Å². The lowest BCUT2D eigenvalue weighted by Gasteiger charge is -2.30. The Balaban J connectivity index is 1.36. The summed E-state index contributed by atoms with van der Waals surface area (Å²) in [5, 5.41) is 5.76. The first-order chi connectivity index (χ1) is 15.6. The summed E-state index contributed by atoms with van der Waals surface area (Å²) in [6.07, 6.45) is 8.44.